The molecule has 0 aliphatic carbocycles. The molecule has 0 fully saturated rings. The molecule has 0 aliphatic heterocycles. The normalized spacial score (nSPS) is 15.1. The molecule has 0 heterocycles. The minimum atomic E-state index is -1.75. The lowest BCUT2D eigenvalue weighted by atomic mass is 9.86. The number of esters is 3. The lowest BCUT2D eigenvalue weighted by Crippen LogP contribution is -2.52. The highest BCUT2D eigenvalue weighted by Crippen LogP contribution is 2.32. The number of carbonyl (C=O) groups is 4. The Morgan fingerprint density at radius 3 is 1.92 bits per heavy atom. The van der Waals surface area contributed by atoms with Crippen LogP contribution in [0.1, 0.15) is 92.1 Å². The Labute approximate surface area is 220 Å². The standard InChI is InChI=1S/C28H43NO8/c1-7-10-24(30)35-20(6)16-28(29,27(33)34)17-21-11-12-22(36-25(31)13-18(4)8-2)23(15-21)37-26(32)14-19(5)9-3/h11-12,15,18-20H,7-10,13-14,16-17,29H2,1-6H3,(H,33,34)/t18?,19?,20-,28?/m0/s1. The van der Waals surface area contributed by atoms with E-state index in [-0.39, 0.29) is 55.4 Å². The van der Waals surface area contributed by atoms with Gasteiger partial charge in [-0.2, -0.15) is 0 Å². The third kappa shape index (κ3) is 11.3. The van der Waals surface area contributed by atoms with Crippen LogP contribution in [0.3, 0.4) is 0 Å². The number of aliphatic carboxylic acids is 1. The summed E-state index contributed by atoms with van der Waals surface area (Å²) in [5, 5.41) is 9.88. The van der Waals surface area contributed by atoms with Gasteiger partial charge in [0.2, 0.25) is 0 Å². The van der Waals surface area contributed by atoms with Crippen LogP contribution in [0.15, 0.2) is 18.2 Å². The highest BCUT2D eigenvalue weighted by molar-refractivity contribution is 5.80. The Morgan fingerprint density at radius 1 is 0.892 bits per heavy atom. The summed E-state index contributed by atoms with van der Waals surface area (Å²) >= 11 is 0. The third-order valence-corrected chi connectivity index (χ3v) is 6.26. The van der Waals surface area contributed by atoms with Crippen molar-refractivity contribution in [2.24, 2.45) is 17.6 Å². The van der Waals surface area contributed by atoms with Crippen LogP contribution >= 0.6 is 0 Å². The van der Waals surface area contributed by atoms with E-state index in [1.165, 1.54) is 12.1 Å². The van der Waals surface area contributed by atoms with Gasteiger partial charge in [0.05, 0.1) is 0 Å². The zero-order valence-corrected chi connectivity index (χ0v) is 23.0. The predicted octanol–water partition coefficient (Wildman–Crippen LogP) is 4.82. The van der Waals surface area contributed by atoms with E-state index in [1.54, 1.807) is 13.0 Å². The second kappa shape index (κ2) is 15.3. The predicted molar refractivity (Wildman–Crippen MR) is 139 cm³/mol. The van der Waals surface area contributed by atoms with Gasteiger partial charge in [0.1, 0.15) is 11.6 Å². The average molecular weight is 522 g/mol. The lowest BCUT2D eigenvalue weighted by molar-refractivity contribution is -0.153. The second-order valence-corrected chi connectivity index (χ2v) is 10.1. The smallest absolute Gasteiger partial charge is 0.324 e. The van der Waals surface area contributed by atoms with E-state index in [9.17, 15) is 24.3 Å². The number of hydrogen-bond donors (Lipinski definition) is 2. The molecule has 4 atom stereocenters. The summed E-state index contributed by atoms with van der Waals surface area (Å²) in [6.45, 7) is 11.2. The van der Waals surface area contributed by atoms with Crippen molar-refractivity contribution in [2.45, 2.75) is 105 Å². The van der Waals surface area contributed by atoms with Crippen molar-refractivity contribution in [1.82, 2.24) is 0 Å². The number of rotatable bonds is 16. The van der Waals surface area contributed by atoms with Gasteiger partial charge in [0.25, 0.3) is 0 Å². The van der Waals surface area contributed by atoms with Crippen LogP contribution in [0.2, 0.25) is 0 Å². The summed E-state index contributed by atoms with van der Waals surface area (Å²) < 4.78 is 16.3. The number of carboxylic acid groups (broad SMARTS) is 1. The van der Waals surface area contributed by atoms with Crippen molar-refractivity contribution < 1.29 is 38.5 Å². The maximum atomic E-state index is 12.5. The van der Waals surface area contributed by atoms with Gasteiger partial charge in [-0.25, -0.2) is 0 Å². The van der Waals surface area contributed by atoms with E-state index in [4.69, 9.17) is 19.9 Å². The Bertz CT molecular complexity index is 931. The summed E-state index contributed by atoms with van der Waals surface area (Å²) in [5.41, 5.74) is 4.98. The summed E-state index contributed by atoms with van der Waals surface area (Å²) in [5.74, 6) is -2.28. The zero-order valence-electron chi connectivity index (χ0n) is 23.0. The molecular weight excluding hydrogens is 478 g/mol. The highest BCUT2D eigenvalue weighted by Gasteiger charge is 2.37. The van der Waals surface area contributed by atoms with Crippen molar-refractivity contribution in [1.29, 1.82) is 0 Å². The molecule has 0 aromatic heterocycles. The first-order valence-electron chi connectivity index (χ1n) is 13.1. The Kier molecular flexibility index (Phi) is 13.3. The van der Waals surface area contributed by atoms with E-state index in [0.717, 1.165) is 12.8 Å². The number of ether oxygens (including phenoxy) is 3. The molecule has 3 N–H and O–H groups in total. The van der Waals surface area contributed by atoms with E-state index in [0.29, 0.717) is 12.0 Å². The molecule has 0 saturated heterocycles. The monoisotopic (exact) mass is 521 g/mol. The minimum absolute atomic E-state index is 0.0264. The molecular formula is C28H43NO8. The summed E-state index contributed by atoms with van der Waals surface area (Å²) in [7, 11) is 0. The first-order chi connectivity index (χ1) is 17.3. The van der Waals surface area contributed by atoms with Gasteiger partial charge in [0, 0.05) is 32.1 Å². The van der Waals surface area contributed by atoms with Crippen LogP contribution in [0.4, 0.5) is 0 Å². The molecule has 208 valence electrons. The fourth-order valence-electron chi connectivity index (χ4n) is 3.65. The molecule has 0 aliphatic rings. The number of hydrogen-bond acceptors (Lipinski definition) is 8. The van der Waals surface area contributed by atoms with Crippen LogP contribution in [0, 0.1) is 11.8 Å². The third-order valence-electron chi connectivity index (χ3n) is 6.26. The molecule has 0 bridgehead atoms. The number of carboxylic acids is 1. The van der Waals surface area contributed by atoms with E-state index in [1.807, 2.05) is 34.6 Å². The van der Waals surface area contributed by atoms with Gasteiger partial charge in [-0.1, -0.05) is 53.5 Å². The van der Waals surface area contributed by atoms with Crippen LogP contribution in [0.25, 0.3) is 0 Å². The molecule has 0 radical (unpaired) electrons. The number of carbonyl (C=O) groups excluding carboxylic acids is 3. The molecule has 0 amide bonds. The van der Waals surface area contributed by atoms with E-state index >= 15 is 0 Å². The topological polar surface area (TPSA) is 142 Å². The average Bonchev–Trinajstić information content (AvgIpc) is 2.80. The molecule has 1 aromatic carbocycles. The van der Waals surface area contributed by atoms with Gasteiger partial charge in [0.15, 0.2) is 11.5 Å². The zero-order chi connectivity index (χ0) is 28.2. The van der Waals surface area contributed by atoms with Gasteiger partial charge in [-0.15, -0.1) is 0 Å². The van der Waals surface area contributed by atoms with E-state index < -0.39 is 35.5 Å². The van der Waals surface area contributed by atoms with Crippen molar-refractivity contribution in [3.8, 4) is 11.5 Å². The van der Waals surface area contributed by atoms with Crippen LogP contribution < -0.4 is 15.2 Å². The van der Waals surface area contributed by atoms with E-state index in [2.05, 4.69) is 0 Å². The van der Waals surface area contributed by atoms with Gasteiger partial charge >= 0.3 is 23.9 Å². The molecule has 0 spiro atoms. The lowest BCUT2D eigenvalue weighted by Gasteiger charge is -2.28. The van der Waals surface area contributed by atoms with Crippen molar-refractivity contribution in [2.75, 3.05) is 0 Å². The number of benzene rings is 1. The van der Waals surface area contributed by atoms with Crippen LogP contribution in [-0.2, 0) is 30.3 Å². The molecule has 3 unspecified atom stereocenters. The minimum Gasteiger partial charge on any atom is -0.480 e. The number of nitrogens with two attached hydrogens (primary N) is 1. The maximum Gasteiger partial charge on any atom is 0.324 e. The first-order valence-corrected chi connectivity index (χ1v) is 13.1. The molecule has 9 heteroatoms. The van der Waals surface area contributed by atoms with Gasteiger partial charge in [-0.3, -0.25) is 19.2 Å². The quantitative estimate of drug-likeness (QED) is 0.231. The molecule has 37 heavy (non-hydrogen) atoms. The molecule has 1 aromatic rings. The van der Waals surface area contributed by atoms with Gasteiger partial charge in [-0.05, 0) is 42.9 Å². The Hall–Kier alpha value is -2.94. The largest absolute Gasteiger partial charge is 0.480 e. The Morgan fingerprint density at radius 2 is 1.43 bits per heavy atom. The SMILES string of the molecule is CCCC(=O)O[C@@H](C)CC(N)(Cc1ccc(OC(=O)CC(C)CC)c(OC(=O)CC(C)CC)c1)C(=O)O. The Balaban J connectivity index is 3.20. The summed E-state index contributed by atoms with van der Waals surface area (Å²) in [4.78, 5) is 48.9. The summed E-state index contributed by atoms with van der Waals surface area (Å²) in [6.07, 6.45) is 1.87. The second-order valence-electron chi connectivity index (χ2n) is 10.1. The fourth-order valence-corrected chi connectivity index (χ4v) is 3.65. The van der Waals surface area contributed by atoms with Crippen molar-refractivity contribution >= 4 is 23.9 Å². The summed E-state index contributed by atoms with van der Waals surface area (Å²) in [6, 6.07) is 4.53. The molecule has 1 rings (SSSR count). The first kappa shape index (κ1) is 32.1. The maximum absolute atomic E-state index is 12.5. The molecule has 9 nitrogen and oxygen atoms in total. The highest BCUT2D eigenvalue weighted by atomic mass is 16.6. The van der Waals surface area contributed by atoms with Crippen LogP contribution in [0.5, 0.6) is 11.5 Å². The fraction of sp³-hybridized carbons (Fsp3) is 0.643. The van der Waals surface area contributed by atoms with Gasteiger partial charge < -0.3 is 25.1 Å². The molecule has 0 saturated carbocycles. The van der Waals surface area contributed by atoms with Crippen molar-refractivity contribution in [3.05, 3.63) is 23.8 Å². The van der Waals surface area contributed by atoms with Crippen molar-refractivity contribution in [3.63, 3.8) is 0 Å². The van der Waals surface area contributed by atoms with Crippen LogP contribution in [-0.4, -0.2) is 40.6 Å².